The van der Waals surface area contributed by atoms with Gasteiger partial charge in [-0.1, -0.05) is 30.3 Å². The van der Waals surface area contributed by atoms with E-state index in [1.807, 2.05) is 13.1 Å². The molecule has 2 N–H and O–H groups in total. The Morgan fingerprint density at radius 2 is 1.87 bits per heavy atom. The lowest BCUT2D eigenvalue weighted by atomic mass is 10.0. The lowest BCUT2D eigenvalue weighted by molar-refractivity contribution is -0.00833. The molecule has 0 aromatic heterocycles. The molecular formula is C18H30N4O. The van der Waals surface area contributed by atoms with Crippen LogP contribution in [0.15, 0.2) is 35.3 Å². The van der Waals surface area contributed by atoms with Gasteiger partial charge in [0.25, 0.3) is 0 Å². The van der Waals surface area contributed by atoms with Gasteiger partial charge in [-0.3, -0.25) is 9.89 Å². The average Bonchev–Trinajstić information content (AvgIpc) is 2.59. The van der Waals surface area contributed by atoms with Crippen molar-refractivity contribution in [3.63, 3.8) is 0 Å². The van der Waals surface area contributed by atoms with Gasteiger partial charge in [-0.2, -0.15) is 0 Å². The zero-order valence-corrected chi connectivity index (χ0v) is 14.6. The first-order valence-corrected chi connectivity index (χ1v) is 8.43. The minimum Gasteiger partial charge on any atom is -0.379 e. The summed E-state index contributed by atoms with van der Waals surface area (Å²) in [5, 5.41) is 6.84. The summed E-state index contributed by atoms with van der Waals surface area (Å²) in [6, 6.07) is 10.5. The molecular weight excluding hydrogens is 288 g/mol. The number of hydrogen-bond acceptors (Lipinski definition) is 3. The fourth-order valence-corrected chi connectivity index (χ4v) is 2.77. The fraction of sp³-hybridized carbons (Fsp3) is 0.611. The maximum Gasteiger partial charge on any atom is 0.191 e. The lowest BCUT2D eigenvalue weighted by Crippen LogP contribution is -2.56. The van der Waals surface area contributed by atoms with Crippen molar-refractivity contribution in [2.45, 2.75) is 25.8 Å². The van der Waals surface area contributed by atoms with Gasteiger partial charge in [-0.15, -0.1) is 0 Å². The maximum atomic E-state index is 5.44. The lowest BCUT2D eigenvalue weighted by Gasteiger charge is -2.41. The van der Waals surface area contributed by atoms with Gasteiger partial charge in [-0.25, -0.2) is 0 Å². The van der Waals surface area contributed by atoms with Crippen molar-refractivity contribution in [2.75, 3.05) is 46.4 Å². The van der Waals surface area contributed by atoms with Crippen LogP contribution >= 0.6 is 0 Å². The molecule has 1 aliphatic heterocycles. The third kappa shape index (κ3) is 5.84. The summed E-state index contributed by atoms with van der Waals surface area (Å²) in [5.41, 5.74) is 1.42. The first-order chi connectivity index (χ1) is 11.1. The van der Waals surface area contributed by atoms with E-state index in [1.54, 1.807) is 0 Å². The second-order valence-electron chi connectivity index (χ2n) is 6.50. The zero-order valence-electron chi connectivity index (χ0n) is 14.6. The van der Waals surface area contributed by atoms with Crippen molar-refractivity contribution in [3.05, 3.63) is 35.9 Å². The predicted octanol–water partition coefficient (Wildman–Crippen LogP) is 1.50. The number of nitrogens with zero attached hydrogens (tertiary/aromatic N) is 2. The van der Waals surface area contributed by atoms with Crippen LogP contribution < -0.4 is 10.6 Å². The van der Waals surface area contributed by atoms with Crippen molar-refractivity contribution in [1.29, 1.82) is 0 Å². The molecule has 5 nitrogen and oxygen atoms in total. The van der Waals surface area contributed by atoms with Gasteiger partial charge in [0.05, 0.1) is 13.2 Å². The van der Waals surface area contributed by atoms with Crippen LogP contribution in [0.4, 0.5) is 0 Å². The van der Waals surface area contributed by atoms with Gasteiger partial charge in [0.15, 0.2) is 5.96 Å². The van der Waals surface area contributed by atoms with E-state index >= 15 is 0 Å². The van der Waals surface area contributed by atoms with Crippen molar-refractivity contribution in [3.8, 4) is 0 Å². The Balaban J connectivity index is 1.73. The zero-order chi connectivity index (χ0) is 16.5. The number of nitrogens with one attached hydrogen (secondary N) is 2. The largest absolute Gasteiger partial charge is 0.379 e. The molecule has 1 fully saturated rings. The van der Waals surface area contributed by atoms with E-state index in [-0.39, 0.29) is 5.54 Å². The van der Waals surface area contributed by atoms with Crippen molar-refractivity contribution in [2.24, 2.45) is 4.99 Å². The topological polar surface area (TPSA) is 48.9 Å². The molecule has 0 atom stereocenters. The van der Waals surface area contributed by atoms with E-state index in [0.717, 1.165) is 51.8 Å². The molecule has 0 unspecified atom stereocenters. The van der Waals surface area contributed by atoms with Crippen molar-refractivity contribution >= 4 is 5.96 Å². The van der Waals surface area contributed by atoms with Crippen LogP contribution in [-0.2, 0) is 11.2 Å². The molecule has 0 radical (unpaired) electrons. The van der Waals surface area contributed by atoms with Gasteiger partial charge in [0, 0.05) is 38.8 Å². The van der Waals surface area contributed by atoms with Gasteiger partial charge in [0.2, 0.25) is 0 Å². The molecule has 0 aliphatic carbocycles. The highest BCUT2D eigenvalue weighted by Crippen LogP contribution is 2.14. The molecule has 0 bridgehead atoms. The molecule has 23 heavy (non-hydrogen) atoms. The Bertz CT molecular complexity index is 481. The summed E-state index contributed by atoms with van der Waals surface area (Å²) in [5.74, 6) is 0.863. The highest BCUT2D eigenvalue weighted by molar-refractivity contribution is 5.79. The van der Waals surface area contributed by atoms with E-state index in [2.05, 4.69) is 58.6 Å². The molecule has 1 aliphatic rings. The molecule has 1 aromatic carbocycles. The van der Waals surface area contributed by atoms with Gasteiger partial charge >= 0.3 is 0 Å². The third-order valence-corrected chi connectivity index (χ3v) is 4.33. The maximum absolute atomic E-state index is 5.44. The first kappa shape index (κ1) is 17.8. The van der Waals surface area contributed by atoms with E-state index in [4.69, 9.17) is 4.74 Å². The summed E-state index contributed by atoms with van der Waals surface area (Å²) < 4.78 is 5.44. The minimum absolute atomic E-state index is 0.0842. The second-order valence-corrected chi connectivity index (χ2v) is 6.50. The molecule has 0 spiro atoms. The standard InChI is InChI=1S/C18H30N4O/c1-18(2,22-11-13-23-14-12-22)15-21-17(19-3)20-10-9-16-7-5-4-6-8-16/h4-8H,9-15H2,1-3H3,(H2,19,20,21). The van der Waals surface area contributed by atoms with Crippen LogP contribution in [0.2, 0.25) is 0 Å². The van der Waals surface area contributed by atoms with Gasteiger partial charge < -0.3 is 15.4 Å². The summed E-state index contributed by atoms with van der Waals surface area (Å²) in [7, 11) is 1.82. The van der Waals surface area contributed by atoms with Crippen molar-refractivity contribution < 1.29 is 4.74 Å². The minimum atomic E-state index is 0.0842. The molecule has 1 heterocycles. The van der Waals surface area contributed by atoms with Crippen LogP contribution in [0.25, 0.3) is 0 Å². The Morgan fingerprint density at radius 1 is 1.17 bits per heavy atom. The third-order valence-electron chi connectivity index (χ3n) is 4.33. The Labute approximate surface area is 140 Å². The number of ether oxygens (including phenoxy) is 1. The van der Waals surface area contributed by atoms with Gasteiger partial charge in [0.1, 0.15) is 0 Å². The molecule has 1 saturated heterocycles. The number of aliphatic imine (C=N–C) groups is 1. The van der Waals surface area contributed by atoms with Crippen LogP contribution in [0.1, 0.15) is 19.4 Å². The van der Waals surface area contributed by atoms with Crippen molar-refractivity contribution in [1.82, 2.24) is 15.5 Å². The summed E-state index contributed by atoms with van der Waals surface area (Å²) in [6.07, 6.45) is 0.994. The highest BCUT2D eigenvalue weighted by Gasteiger charge is 2.28. The van der Waals surface area contributed by atoms with Crippen LogP contribution in [-0.4, -0.2) is 62.8 Å². The number of morpholine rings is 1. The highest BCUT2D eigenvalue weighted by atomic mass is 16.5. The first-order valence-electron chi connectivity index (χ1n) is 8.43. The predicted molar refractivity (Wildman–Crippen MR) is 96.0 cm³/mol. The van der Waals surface area contributed by atoms with E-state index in [0.29, 0.717) is 0 Å². The quantitative estimate of drug-likeness (QED) is 0.616. The van der Waals surface area contributed by atoms with E-state index in [1.165, 1.54) is 5.56 Å². The van der Waals surface area contributed by atoms with E-state index < -0.39 is 0 Å². The molecule has 2 rings (SSSR count). The van der Waals surface area contributed by atoms with Crippen LogP contribution in [0.3, 0.4) is 0 Å². The number of benzene rings is 1. The Kier molecular flexibility index (Phi) is 6.86. The van der Waals surface area contributed by atoms with Gasteiger partial charge in [-0.05, 0) is 25.8 Å². The molecule has 1 aromatic rings. The van der Waals surface area contributed by atoms with Crippen LogP contribution in [0, 0.1) is 0 Å². The Morgan fingerprint density at radius 3 is 2.52 bits per heavy atom. The Hall–Kier alpha value is -1.59. The number of hydrogen-bond donors (Lipinski definition) is 2. The average molecular weight is 318 g/mol. The normalized spacial score (nSPS) is 17.1. The molecule has 5 heteroatoms. The SMILES string of the molecule is CN=C(NCCc1ccccc1)NCC(C)(C)N1CCOCC1. The molecule has 0 saturated carbocycles. The molecule has 128 valence electrons. The smallest absolute Gasteiger partial charge is 0.191 e. The number of guanidine groups is 1. The van der Waals surface area contributed by atoms with E-state index in [9.17, 15) is 0 Å². The second kappa shape index (κ2) is 8.89. The monoisotopic (exact) mass is 318 g/mol. The summed E-state index contributed by atoms with van der Waals surface area (Å²) in [6.45, 7) is 9.91. The van der Waals surface area contributed by atoms with Crippen LogP contribution in [0.5, 0.6) is 0 Å². The number of rotatable bonds is 6. The fourth-order valence-electron chi connectivity index (χ4n) is 2.77. The summed E-state index contributed by atoms with van der Waals surface area (Å²) >= 11 is 0. The summed E-state index contributed by atoms with van der Waals surface area (Å²) in [4.78, 5) is 6.79. The molecule has 0 amide bonds.